The van der Waals surface area contributed by atoms with Gasteiger partial charge in [-0.25, -0.2) is 9.59 Å². The number of carbonyl (C=O) groups is 2. The van der Waals surface area contributed by atoms with Crippen molar-refractivity contribution in [3.05, 3.63) is 29.8 Å². The van der Waals surface area contributed by atoms with Crippen molar-refractivity contribution >= 4 is 17.7 Å². The highest BCUT2D eigenvalue weighted by Gasteiger charge is 2.25. The molecule has 5 nitrogen and oxygen atoms in total. The van der Waals surface area contributed by atoms with E-state index >= 15 is 0 Å². The maximum absolute atomic E-state index is 11.9. The molecule has 3 N–H and O–H groups in total. The number of amides is 2. The molecule has 0 heterocycles. The third kappa shape index (κ3) is 4.21. The van der Waals surface area contributed by atoms with E-state index in [9.17, 15) is 9.59 Å². The van der Waals surface area contributed by atoms with Gasteiger partial charge in [-0.2, -0.15) is 0 Å². The van der Waals surface area contributed by atoms with Crippen LogP contribution in [0.5, 0.6) is 0 Å². The van der Waals surface area contributed by atoms with E-state index in [2.05, 4.69) is 24.5 Å². The molecule has 0 aliphatic heterocycles. The molecule has 2 rings (SSSR count). The quantitative estimate of drug-likeness (QED) is 0.799. The fourth-order valence-electron chi connectivity index (χ4n) is 2.73. The molecule has 3 unspecified atom stereocenters. The zero-order valence-electron chi connectivity index (χ0n) is 12.4. The summed E-state index contributed by atoms with van der Waals surface area (Å²) >= 11 is 0. The van der Waals surface area contributed by atoms with E-state index in [1.54, 1.807) is 12.1 Å². The number of aromatic carboxylic acids is 1. The molecule has 2 amide bonds. The number of carboxylic acid groups (broad SMARTS) is 1. The maximum Gasteiger partial charge on any atom is 0.335 e. The van der Waals surface area contributed by atoms with Crippen molar-refractivity contribution in [3.8, 4) is 0 Å². The first-order chi connectivity index (χ1) is 9.95. The van der Waals surface area contributed by atoms with Crippen molar-refractivity contribution < 1.29 is 14.7 Å². The molecule has 1 aromatic carbocycles. The van der Waals surface area contributed by atoms with Gasteiger partial charge in [-0.05, 0) is 55.4 Å². The third-order valence-corrected chi connectivity index (χ3v) is 4.32. The van der Waals surface area contributed by atoms with Gasteiger partial charge in [0.2, 0.25) is 0 Å². The molecule has 21 heavy (non-hydrogen) atoms. The predicted octanol–water partition coefficient (Wildman–Crippen LogP) is 3.33. The van der Waals surface area contributed by atoms with E-state index in [0.717, 1.165) is 25.2 Å². The average molecular weight is 290 g/mol. The third-order valence-electron chi connectivity index (χ3n) is 4.32. The molecule has 0 spiro atoms. The second-order valence-electron chi connectivity index (χ2n) is 5.95. The topological polar surface area (TPSA) is 78.4 Å². The summed E-state index contributed by atoms with van der Waals surface area (Å²) in [4.78, 5) is 22.7. The molecular weight excluding hydrogens is 268 g/mol. The molecule has 1 aliphatic carbocycles. The van der Waals surface area contributed by atoms with Crippen LogP contribution < -0.4 is 10.6 Å². The van der Waals surface area contributed by atoms with Gasteiger partial charge in [-0.1, -0.05) is 13.8 Å². The highest BCUT2D eigenvalue weighted by atomic mass is 16.4. The molecule has 0 radical (unpaired) electrons. The number of hydrogen-bond acceptors (Lipinski definition) is 2. The molecule has 0 aromatic heterocycles. The van der Waals surface area contributed by atoms with Gasteiger partial charge in [-0.3, -0.25) is 0 Å². The highest BCUT2D eigenvalue weighted by molar-refractivity contribution is 5.91. The van der Waals surface area contributed by atoms with Crippen molar-refractivity contribution in [1.82, 2.24) is 5.32 Å². The summed E-state index contributed by atoms with van der Waals surface area (Å²) in [6, 6.07) is 6.12. The fraction of sp³-hybridized carbons (Fsp3) is 0.500. The average Bonchev–Trinajstić information content (AvgIpc) is 2.43. The Hall–Kier alpha value is -2.04. The first kappa shape index (κ1) is 15.4. The second kappa shape index (κ2) is 6.61. The SMILES string of the molecule is CC1CCC(NC(=O)Nc2ccc(C(=O)O)cc2)CC1C. The van der Waals surface area contributed by atoms with Crippen LogP contribution in [0.15, 0.2) is 24.3 Å². The minimum Gasteiger partial charge on any atom is -0.478 e. The number of rotatable bonds is 3. The van der Waals surface area contributed by atoms with Gasteiger partial charge in [0.25, 0.3) is 0 Å². The number of hydrogen-bond donors (Lipinski definition) is 3. The van der Waals surface area contributed by atoms with Gasteiger partial charge in [0.15, 0.2) is 0 Å². The molecule has 0 bridgehead atoms. The van der Waals surface area contributed by atoms with Crippen molar-refractivity contribution in [3.63, 3.8) is 0 Å². The largest absolute Gasteiger partial charge is 0.478 e. The van der Waals surface area contributed by atoms with Gasteiger partial charge in [0.1, 0.15) is 0 Å². The monoisotopic (exact) mass is 290 g/mol. The van der Waals surface area contributed by atoms with E-state index in [1.807, 2.05) is 0 Å². The van der Waals surface area contributed by atoms with Gasteiger partial charge in [-0.15, -0.1) is 0 Å². The van der Waals surface area contributed by atoms with Crippen LogP contribution in [0.1, 0.15) is 43.5 Å². The zero-order valence-corrected chi connectivity index (χ0v) is 12.4. The Bertz CT molecular complexity index is 513. The van der Waals surface area contributed by atoms with Gasteiger partial charge in [0.05, 0.1) is 5.56 Å². The van der Waals surface area contributed by atoms with Crippen LogP contribution in [0.4, 0.5) is 10.5 Å². The van der Waals surface area contributed by atoms with Crippen molar-refractivity contribution in [2.24, 2.45) is 11.8 Å². The molecule has 114 valence electrons. The number of benzene rings is 1. The standard InChI is InChI=1S/C16H22N2O3/c1-10-3-6-14(9-11(10)2)18-16(21)17-13-7-4-12(5-8-13)15(19)20/h4-5,7-8,10-11,14H,3,6,9H2,1-2H3,(H,19,20)(H2,17,18,21). The maximum atomic E-state index is 11.9. The highest BCUT2D eigenvalue weighted by Crippen LogP contribution is 2.29. The Morgan fingerprint density at radius 3 is 2.33 bits per heavy atom. The molecule has 1 aromatic rings. The molecule has 5 heteroatoms. The Morgan fingerprint density at radius 2 is 1.76 bits per heavy atom. The van der Waals surface area contributed by atoms with Gasteiger partial charge < -0.3 is 15.7 Å². The normalized spacial score (nSPS) is 25.1. The minimum absolute atomic E-state index is 0.205. The minimum atomic E-state index is -0.976. The Morgan fingerprint density at radius 1 is 1.10 bits per heavy atom. The van der Waals surface area contributed by atoms with Crippen LogP contribution in [0.25, 0.3) is 0 Å². The second-order valence-corrected chi connectivity index (χ2v) is 5.95. The summed E-state index contributed by atoms with van der Waals surface area (Å²) in [5.74, 6) is 0.366. The van der Waals surface area contributed by atoms with Crippen LogP contribution in [0, 0.1) is 11.8 Å². The number of nitrogens with one attached hydrogen (secondary N) is 2. The smallest absolute Gasteiger partial charge is 0.335 e. The Kier molecular flexibility index (Phi) is 4.83. The predicted molar refractivity (Wildman–Crippen MR) is 81.5 cm³/mol. The lowest BCUT2D eigenvalue weighted by atomic mass is 9.79. The van der Waals surface area contributed by atoms with Crippen molar-refractivity contribution in [2.75, 3.05) is 5.32 Å². The van der Waals surface area contributed by atoms with E-state index in [1.165, 1.54) is 12.1 Å². The van der Waals surface area contributed by atoms with E-state index in [-0.39, 0.29) is 17.6 Å². The summed E-state index contributed by atoms with van der Waals surface area (Å²) in [6.45, 7) is 4.48. The molecular formula is C16H22N2O3. The summed E-state index contributed by atoms with van der Waals surface area (Å²) in [6.07, 6.45) is 3.16. The summed E-state index contributed by atoms with van der Waals surface area (Å²) in [5, 5.41) is 14.5. The van der Waals surface area contributed by atoms with Crippen LogP contribution in [-0.2, 0) is 0 Å². The Labute approximate surface area is 124 Å². The lowest BCUT2D eigenvalue weighted by Crippen LogP contribution is -2.41. The molecule has 1 saturated carbocycles. The lowest BCUT2D eigenvalue weighted by Gasteiger charge is -2.32. The summed E-state index contributed by atoms with van der Waals surface area (Å²) in [5.41, 5.74) is 0.797. The molecule has 0 saturated heterocycles. The molecule has 1 fully saturated rings. The van der Waals surface area contributed by atoms with Gasteiger partial charge in [0, 0.05) is 11.7 Å². The molecule has 1 aliphatic rings. The number of carbonyl (C=O) groups excluding carboxylic acids is 1. The first-order valence-electron chi connectivity index (χ1n) is 7.36. The number of anilines is 1. The fourth-order valence-corrected chi connectivity index (χ4v) is 2.73. The lowest BCUT2D eigenvalue weighted by molar-refractivity contribution is 0.0697. The molecule has 3 atom stereocenters. The number of carboxylic acids is 1. The van der Waals surface area contributed by atoms with Crippen molar-refractivity contribution in [1.29, 1.82) is 0 Å². The van der Waals surface area contributed by atoms with Crippen LogP contribution in [0.2, 0.25) is 0 Å². The van der Waals surface area contributed by atoms with Crippen LogP contribution in [0.3, 0.4) is 0 Å². The van der Waals surface area contributed by atoms with Crippen LogP contribution in [-0.4, -0.2) is 23.1 Å². The Balaban J connectivity index is 1.85. The van der Waals surface area contributed by atoms with E-state index in [4.69, 9.17) is 5.11 Å². The first-order valence-corrected chi connectivity index (χ1v) is 7.36. The van der Waals surface area contributed by atoms with E-state index in [0.29, 0.717) is 11.6 Å². The summed E-state index contributed by atoms with van der Waals surface area (Å²) < 4.78 is 0. The van der Waals surface area contributed by atoms with Gasteiger partial charge >= 0.3 is 12.0 Å². The number of urea groups is 1. The van der Waals surface area contributed by atoms with Crippen LogP contribution >= 0.6 is 0 Å². The van der Waals surface area contributed by atoms with Crippen molar-refractivity contribution in [2.45, 2.75) is 39.2 Å². The summed E-state index contributed by atoms with van der Waals surface area (Å²) in [7, 11) is 0. The zero-order chi connectivity index (χ0) is 15.4. The van der Waals surface area contributed by atoms with E-state index < -0.39 is 5.97 Å².